The van der Waals surface area contributed by atoms with E-state index in [0.29, 0.717) is 16.5 Å². The maximum Gasteiger partial charge on any atom is 0.231 e. The molecule has 0 atom stereocenters. The predicted molar refractivity (Wildman–Crippen MR) is 61.9 cm³/mol. The van der Waals surface area contributed by atoms with Crippen molar-refractivity contribution in [2.45, 2.75) is 13.3 Å². The number of carbonyl (C=O) groups is 2. The first kappa shape index (κ1) is 12.5. The van der Waals surface area contributed by atoms with E-state index < -0.39 is 0 Å². The Balaban J connectivity index is 2.71. The van der Waals surface area contributed by atoms with Crippen LogP contribution in [0.2, 0.25) is 5.02 Å². The number of carbonyl (C=O) groups excluding carboxylic acids is 2. The van der Waals surface area contributed by atoms with Crippen LogP contribution in [0.4, 0.5) is 5.69 Å². The van der Waals surface area contributed by atoms with Gasteiger partial charge in [-0.15, -0.1) is 0 Å². The van der Waals surface area contributed by atoms with E-state index in [1.165, 1.54) is 14.0 Å². The zero-order chi connectivity index (χ0) is 12.1. The molecule has 86 valence electrons. The number of hydrogen-bond donors (Lipinski definition) is 1. The van der Waals surface area contributed by atoms with Gasteiger partial charge in [0.15, 0.2) is 0 Å². The summed E-state index contributed by atoms with van der Waals surface area (Å²) in [5, 5.41) is 2.97. The van der Waals surface area contributed by atoms with Crippen molar-refractivity contribution in [3.8, 4) is 5.75 Å². The lowest BCUT2D eigenvalue weighted by atomic mass is 10.2. The van der Waals surface area contributed by atoms with Gasteiger partial charge in [0.05, 0.1) is 18.6 Å². The van der Waals surface area contributed by atoms with Gasteiger partial charge in [0, 0.05) is 5.69 Å². The summed E-state index contributed by atoms with van der Waals surface area (Å²) in [6.07, 6.45) is -0.135. The average molecular weight is 242 g/mol. The predicted octanol–water partition coefficient (Wildman–Crippen LogP) is 2.27. The van der Waals surface area contributed by atoms with Crippen LogP contribution in [0.1, 0.15) is 13.3 Å². The molecule has 0 spiro atoms. The third-order valence-corrected chi connectivity index (χ3v) is 2.14. The first-order chi connectivity index (χ1) is 7.52. The molecule has 0 saturated heterocycles. The quantitative estimate of drug-likeness (QED) is 0.823. The molecule has 0 aliphatic carbocycles. The van der Waals surface area contributed by atoms with Crippen LogP contribution in [-0.4, -0.2) is 18.8 Å². The van der Waals surface area contributed by atoms with Gasteiger partial charge in [0.25, 0.3) is 0 Å². The van der Waals surface area contributed by atoms with Crippen LogP contribution < -0.4 is 10.1 Å². The van der Waals surface area contributed by atoms with Gasteiger partial charge < -0.3 is 10.1 Å². The summed E-state index contributed by atoms with van der Waals surface area (Å²) in [5.74, 6) is -0.00271. The van der Waals surface area contributed by atoms with Gasteiger partial charge in [-0.1, -0.05) is 11.6 Å². The highest BCUT2D eigenvalue weighted by atomic mass is 35.5. The van der Waals surface area contributed by atoms with Gasteiger partial charge in [-0.05, 0) is 25.1 Å². The van der Waals surface area contributed by atoms with Crippen molar-refractivity contribution in [2.75, 3.05) is 12.4 Å². The molecule has 1 amide bonds. The lowest BCUT2D eigenvalue weighted by Crippen LogP contribution is -2.14. The maximum absolute atomic E-state index is 11.3. The number of ether oxygens (including phenoxy) is 1. The van der Waals surface area contributed by atoms with Gasteiger partial charge in [-0.25, -0.2) is 0 Å². The highest BCUT2D eigenvalue weighted by Gasteiger charge is 2.07. The molecule has 1 aromatic rings. The summed E-state index contributed by atoms with van der Waals surface area (Å²) in [6, 6.07) is 4.87. The minimum Gasteiger partial charge on any atom is -0.495 e. The molecule has 16 heavy (non-hydrogen) atoms. The molecule has 0 saturated carbocycles. The fraction of sp³-hybridized carbons (Fsp3) is 0.273. The summed E-state index contributed by atoms with van der Waals surface area (Å²) in [5.41, 5.74) is 0.539. The molecule has 1 N–H and O–H groups in total. The minimum absolute atomic E-state index is 0.135. The van der Waals surface area contributed by atoms with Crippen molar-refractivity contribution in [3.63, 3.8) is 0 Å². The SMILES string of the molecule is COc1ccc(NC(=O)CC(C)=O)cc1Cl. The third kappa shape index (κ3) is 3.55. The lowest BCUT2D eigenvalue weighted by molar-refractivity contribution is -0.124. The van der Waals surface area contributed by atoms with Crippen molar-refractivity contribution in [3.05, 3.63) is 23.2 Å². The molecule has 1 rings (SSSR count). The standard InChI is InChI=1S/C11H12ClNO3/c1-7(14)5-11(15)13-8-3-4-10(16-2)9(12)6-8/h3-4,6H,5H2,1-2H3,(H,13,15). The average Bonchev–Trinajstić information content (AvgIpc) is 2.16. The number of nitrogens with one attached hydrogen (secondary N) is 1. The van der Waals surface area contributed by atoms with Crippen LogP contribution in [0.15, 0.2) is 18.2 Å². The summed E-state index contributed by atoms with van der Waals surface area (Å²) in [4.78, 5) is 22.0. The second kappa shape index (κ2) is 5.51. The van der Waals surface area contributed by atoms with Crippen molar-refractivity contribution >= 4 is 29.0 Å². The Kier molecular flexibility index (Phi) is 4.31. The molecule has 4 nitrogen and oxygen atoms in total. The molecular weight excluding hydrogens is 230 g/mol. The molecule has 0 fully saturated rings. The molecule has 0 aromatic heterocycles. The molecule has 0 aliphatic rings. The number of methoxy groups -OCH3 is 1. The number of amides is 1. The Morgan fingerprint density at radius 2 is 2.12 bits per heavy atom. The summed E-state index contributed by atoms with van der Waals surface area (Å²) in [7, 11) is 1.51. The van der Waals surface area contributed by atoms with E-state index in [4.69, 9.17) is 16.3 Å². The summed E-state index contributed by atoms with van der Waals surface area (Å²) >= 11 is 5.88. The van der Waals surface area contributed by atoms with E-state index in [1.807, 2.05) is 0 Å². The van der Waals surface area contributed by atoms with Crippen molar-refractivity contribution < 1.29 is 14.3 Å². The molecule has 0 aliphatic heterocycles. The van der Waals surface area contributed by atoms with Crippen LogP contribution >= 0.6 is 11.6 Å². The van der Waals surface area contributed by atoms with Crippen LogP contribution in [0.25, 0.3) is 0 Å². The van der Waals surface area contributed by atoms with Gasteiger partial charge in [0.1, 0.15) is 11.5 Å². The van der Waals surface area contributed by atoms with Crippen molar-refractivity contribution in [2.24, 2.45) is 0 Å². The Hall–Kier alpha value is -1.55. The Bertz CT molecular complexity index is 418. The maximum atomic E-state index is 11.3. The van der Waals surface area contributed by atoms with E-state index in [0.717, 1.165) is 0 Å². The molecular formula is C11H12ClNO3. The molecule has 0 bridgehead atoms. The van der Waals surface area contributed by atoms with Gasteiger partial charge >= 0.3 is 0 Å². The topological polar surface area (TPSA) is 55.4 Å². The fourth-order valence-corrected chi connectivity index (χ4v) is 1.43. The first-order valence-electron chi connectivity index (χ1n) is 4.65. The van der Waals surface area contributed by atoms with Crippen LogP contribution in [0.5, 0.6) is 5.75 Å². The number of hydrogen-bond acceptors (Lipinski definition) is 3. The second-order valence-corrected chi connectivity index (χ2v) is 3.68. The van der Waals surface area contributed by atoms with E-state index in [9.17, 15) is 9.59 Å². The van der Waals surface area contributed by atoms with E-state index >= 15 is 0 Å². The zero-order valence-electron chi connectivity index (χ0n) is 9.04. The van der Waals surface area contributed by atoms with E-state index in [-0.39, 0.29) is 18.1 Å². The monoisotopic (exact) mass is 241 g/mol. The van der Waals surface area contributed by atoms with Crippen molar-refractivity contribution in [1.29, 1.82) is 0 Å². The highest BCUT2D eigenvalue weighted by molar-refractivity contribution is 6.32. The number of Topliss-reactive ketones (excluding diaryl/α,β-unsaturated/α-hetero) is 1. The zero-order valence-corrected chi connectivity index (χ0v) is 9.80. The van der Waals surface area contributed by atoms with Gasteiger partial charge in [-0.2, -0.15) is 0 Å². The number of benzene rings is 1. The Labute approximate surface area is 98.5 Å². The third-order valence-electron chi connectivity index (χ3n) is 1.85. The number of halogens is 1. The number of anilines is 1. The van der Waals surface area contributed by atoms with Gasteiger partial charge in [-0.3, -0.25) is 9.59 Å². The highest BCUT2D eigenvalue weighted by Crippen LogP contribution is 2.27. The Morgan fingerprint density at radius 3 is 2.62 bits per heavy atom. The molecule has 0 heterocycles. The Morgan fingerprint density at radius 1 is 1.44 bits per heavy atom. The van der Waals surface area contributed by atoms with Gasteiger partial charge in [0.2, 0.25) is 5.91 Å². The number of rotatable bonds is 4. The smallest absolute Gasteiger partial charge is 0.231 e. The minimum atomic E-state index is -0.353. The number of ketones is 1. The van der Waals surface area contributed by atoms with Crippen molar-refractivity contribution in [1.82, 2.24) is 0 Å². The lowest BCUT2D eigenvalue weighted by Gasteiger charge is -2.07. The molecule has 5 heteroatoms. The molecule has 1 aromatic carbocycles. The summed E-state index contributed by atoms with van der Waals surface area (Å²) in [6.45, 7) is 1.36. The van der Waals surface area contributed by atoms with Crippen LogP contribution in [0.3, 0.4) is 0 Å². The molecule has 0 radical (unpaired) electrons. The fourth-order valence-electron chi connectivity index (χ4n) is 1.18. The van der Waals surface area contributed by atoms with Crippen LogP contribution in [0, 0.1) is 0 Å². The van der Waals surface area contributed by atoms with E-state index in [2.05, 4.69) is 5.32 Å². The van der Waals surface area contributed by atoms with E-state index in [1.54, 1.807) is 18.2 Å². The molecule has 0 unspecified atom stereocenters. The first-order valence-corrected chi connectivity index (χ1v) is 5.03. The summed E-state index contributed by atoms with van der Waals surface area (Å²) < 4.78 is 4.97. The normalized spacial score (nSPS) is 9.69. The largest absolute Gasteiger partial charge is 0.495 e. The second-order valence-electron chi connectivity index (χ2n) is 3.28. The van der Waals surface area contributed by atoms with Crippen LogP contribution in [-0.2, 0) is 9.59 Å².